The number of carbonyl (C=O) groups is 3. The van der Waals surface area contributed by atoms with Crippen LogP contribution < -0.4 is 11.1 Å². The third-order valence-corrected chi connectivity index (χ3v) is 3.25. The van der Waals surface area contributed by atoms with Crippen LogP contribution in [-0.4, -0.2) is 76.4 Å². The fourth-order valence-electron chi connectivity index (χ4n) is 1.56. The number of likely N-dealkylation sites (N-methyl/N-ethyl adjacent to an activating group) is 1. The van der Waals surface area contributed by atoms with E-state index in [1.165, 1.54) is 11.8 Å². The van der Waals surface area contributed by atoms with Crippen molar-refractivity contribution in [1.82, 2.24) is 10.2 Å². The summed E-state index contributed by atoms with van der Waals surface area (Å²) in [5, 5.41) is 29.2. The first-order valence-electron chi connectivity index (χ1n) is 6.54. The summed E-state index contributed by atoms with van der Waals surface area (Å²) in [5.74, 6) is -3.20. The molecule has 3 atom stereocenters. The Labute approximate surface area is 122 Å². The van der Waals surface area contributed by atoms with Crippen molar-refractivity contribution in [2.45, 2.75) is 37.9 Å². The lowest BCUT2D eigenvalue weighted by molar-refractivity contribution is -0.142. The number of nitrogens with one attached hydrogen (secondary N) is 1. The molecule has 0 aromatic carbocycles. The largest absolute Gasteiger partial charge is 0.480 e. The van der Waals surface area contributed by atoms with Gasteiger partial charge < -0.3 is 26.4 Å². The Morgan fingerprint density at radius 3 is 2.10 bits per heavy atom. The number of aliphatic carboxylic acids is 3. The highest BCUT2D eigenvalue weighted by molar-refractivity contribution is 5.74. The molecule has 122 valence electrons. The molecule has 0 bridgehead atoms. The van der Waals surface area contributed by atoms with Crippen LogP contribution in [0.1, 0.15) is 19.8 Å². The molecular weight excluding hydrogens is 282 g/mol. The van der Waals surface area contributed by atoms with Gasteiger partial charge in [-0.15, -0.1) is 0 Å². The van der Waals surface area contributed by atoms with E-state index in [9.17, 15) is 14.4 Å². The van der Waals surface area contributed by atoms with Gasteiger partial charge in [0, 0.05) is 6.54 Å². The van der Waals surface area contributed by atoms with Gasteiger partial charge in [-0.05, 0) is 33.4 Å². The molecule has 21 heavy (non-hydrogen) atoms. The maximum atomic E-state index is 11.1. The van der Waals surface area contributed by atoms with Gasteiger partial charge in [0.05, 0.1) is 0 Å². The lowest BCUT2D eigenvalue weighted by Crippen LogP contribution is -2.44. The van der Waals surface area contributed by atoms with E-state index in [1.54, 1.807) is 7.05 Å². The van der Waals surface area contributed by atoms with Gasteiger partial charge in [-0.1, -0.05) is 0 Å². The molecule has 0 aromatic rings. The van der Waals surface area contributed by atoms with E-state index in [0.717, 1.165) is 0 Å². The molecule has 0 aromatic heterocycles. The molecular formula is C12H23N3O6. The smallest absolute Gasteiger partial charge is 0.320 e. The quantitative estimate of drug-likeness (QED) is 0.311. The van der Waals surface area contributed by atoms with E-state index >= 15 is 0 Å². The molecule has 6 N–H and O–H groups in total. The number of rotatable bonds is 11. The summed E-state index contributed by atoms with van der Waals surface area (Å²) >= 11 is 0. The average Bonchev–Trinajstić information content (AvgIpc) is 2.40. The van der Waals surface area contributed by atoms with Gasteiger partial charge in [-0.3, -0.25) is 19.3 Å². The van der Waals surface area contributed by atoms with Gasteiger partial charge in [0.2, 0.25) is 0 Å². The summed E-state index contributed by atoms with van der Waals surface area (Å²) in [4.78, 5) is 33.9. The zero-order chi connectivity index (χ0) is 16.6. The molecule has 0 aliphatic carbocycles. The first-order valence-corrected chi connectivity index (χ1v) is 6.54. The minimum atomic E-state index is -1.14. The van der Waals surface area contributed by atoms with E-state index in [1.807, 2.05) is 0 Å². The minimum absolute atomic E-state index is 0.112. The van der Waals surface area contributed by atoms with E-state index in [-0.39, 0.29) is 25.9 Å². The van der Waals surface area contributed by atoms with Crippen molar-refractivity contribution < 1.29 is 29.7 Å². The lowest BCUT2D eigenvalue weighted by Gasteiger charge is -2.23. The van der Waals surface area contributed by atoms with Crippen LogP contribution in [0.4, 0.5) is 0 Å². The second kappa shape index (κ2) is 9.27. The summed E-state index contributed by atoms with van der Waals surface area (Å²) < 4.78 is 0. The number of carboxylic acids is 3. The third-order valence-electron chi connectivity index (χ3n) is 3.25. The number of nitrogens with two attached hydrogens (primary N) is 1. The fourth-order valence-corrected chi connectivity index (χ4v) is 1.56. The van der Waals surface area contributed by atoms with Crippen molar-refractivity contribution in [3.8, 4) is 0 Å². The Bertz CT molecular complexity index is 376. The van der Waals surface area contributed by atoms with Gasteiger partial charge >= 0.3 is 17.9 Å². The topological polar surface area (TPSA) is 153 Å². The second-order valence-electron chi connectivity index (χ2n) is 4.86. The molecule has 9 nitrogen and oxygen atoms in total. The second-order valence-corrected chi connectivity index (χ2v) is 4.86. The molecule has 0 fully saturated rings. The predicted octanol–water partition coefficient (Wildman–Crippen LogP) is -1.37. The third kappa shape index (κ3) is 7.59. The van der Waals surface area contributed by atoms with Gasteiger partial charge in [-0.25, -0.2) is 0 Å². The SMILES string of the molecule is CC(C(=O)O)N(C)CCC(NCCC(N)C(=O)O)C(=O)O. The molecule has 9 heteroatoms. The minimum Gasteiger partial charge on any atom is -0.480 e. The molecule has 0 rings (SSSR count). The standard InChI is InChI=1S/C12H23N3O6/c1-7(10(16)17)15(2)6-4-9(12(20)21)14-5-3-8(13)11(18)19/h7-9,14H,3-6,13H2,1-2H3,(H,16,17)(H,18,19)(H,20,21). The Balaban J connectivity index is 4.23. The number of nitrogens with zero attached hydrogens (tertiary/aromatic N) is 1. The summed E-state index contributed by atoms with van der Waals surface area (Å²) in [7, 11) is 1.60. The molecule has 0 heterocycles. The molecule has 0 amide bonds. The maximum Gasteiger partial charge on any atom is 0.320 e. The zero-order valence-corrected chi connectivity index (χ0v) is 12.2. The van der Waals surface area contributed by atoms with Crippen LogP contribution in [0.25, 0.3) is 0 Å². The van der Waals surface area contributed by atoms with Crippen LogP contribution in [0.2, 0.25) is 0 Å². The van der Waals surface area contributed by atoms with Crippen molar-refractivity contribution in [1.29, 1.82) is 0 Å². The molecule has 3 unspecified atom stereocenters. The Kier molecular flexibility index (Phi) is 8.51. The van der Waals surface area contributed by atoms with Crippen molar-refractivity contribution in [2.24, 2.45) is 5.73 Å². The van der Waals surface area contributed by atoms with Crippen molar-refractivity contribution in [3.05, 3.63) is 0 Å². The van der Waals surface area contributed by atoms with Crippen LogP contribution >= 0.6 is 0 Å². The number of carboxylic acid groups (broad SMARTS) is 3. The highest BCUT2D eigenvalue weighted by atomic mass is 16.4. The molecule has 0 spiro atoms. The fraction of sp³-hybridized carbons (Fsp3) is 0.750. The molecule has 0 radical (unpaired) electrons. The predicted molar refractivity (Wildman–Crippen MR) is 74.0 cm³/mol. The van der Waals surface area contributed by atoms with Crippen LogP contribution in [-0.2, 0) is 14.4 Å². The summed E-state index contributed by atoms with van der Waals surface area (Å²) in [6, 6.07) is -2.63. The monoisotopic (exact) mass is 305 g/mol. The molecule has 0 saturated heterocycles. The van der Waals surface area contributed by atoms with E-state index in [2.05, 4.69) is 5.32 Å². The van der Waals surface area contributed by atoms with Crippen molar-refractivity contribution in [3.63, 3.8) is 0 Å². The highest BCUT2D eigenvalue weighted by Gasteiger charge is 2.22. The normalized spacial score (nSPS) is 15.4. The Morgan fingerprint density at radius 2 is 1.67 bits per heavy atom. The van der Waals surface area contributed by atoms with Crippen LogP contribution in [0.5, 0.6) is 0 Å². The van der Waals surface area contributed by atoms with Gasteiger partial charge in [0.1, 0.15) is 18.1 Å². The summed E-state index contributed by atoms with van der Waals surface area (Å²) in [5.41, 5.74) is 5.31. The lowest BCUT2D eigenvalue weighted by atomic mass is 10.1. The van der Waals surface area contributed by atoms with Crippen LogP contribution in [0.3, 0.4) is 0 Å². The first kappa shape index (κ1) is 19.3. The van der Waals surface area contributed by atoms with Crippen LogP contribution in [0.15, 0.2) is 0 Å². The molecule has 0 aliphatic heterocycles. The average molecular weight is 305 g/mol. The van der Waals surface area contributed by atoms with Crippen LogP contribution in [0, 0.1) is 0 Å². The highest BCUT2D eigenvalue weighted by Crippen LogP contribution is 2.01. The van der Waals surface area contributed by atoms with E-state index in [0.29, 0.717) is 0 Å². The van der Waals surface area contributed by atoms with Gasteiger partial charge in [0.25, 0.3) is 0 Å². The first-order chi connectivity index (χ1) is 9.66. The summed E-state index contributed by atoms with van der Waals surface area (Å²) in [6.45, 7) is 1.95. The van der Waals surface area contributed by atoms with Gasteiger partial charge in [-0.2, -0.15) is 0 Å². The van der Waals surface area contributed by atoms with Crippen molar-refractivity contribution in [2.75, 3.05) is 20.1 Å². The number of hydrogen-bond acceptors (Lipinski definition) is 6. The Morgan fingerprint density at radius 1 is 1.10 bits per heavy atom. The van der Waals surface area contributed by atoms with Gasteiger partial charge in [0.15, 0.2) is 0 Å². The molecule has 0 aliphatic rings. The molecule has 0 saturated carbocycles. The van der Waals surface area contributed by atoms with Crippen molar-refractivity contribution >= 4 is 17.9 Å². The number of hydrogen-bond donors (Lipinski definition) is 5. The summed E-state index contributed by atoms with van der Waals surface area (Å²) in [6.07, 6.45) is 0.312. The zero-order valence-electron chi connectivity index (χ0n) is 12.2. The van der Waals surface area contributed by atoms with E-state index < -0.39 is 36.0 Å². The maximum absolute atomic E-state index is 11.1. The van der Waals surface area contributed by atoms with E-state index in [4.69, 9.17) is 21.1 Å². The Hall–Kier alpha value is -1.71.